The molecule has 0 fully saturated rings. The third-order valence-electron chi connectivity index (χ3n) is 1.89. The van der Waals surface area contributed by atoms with Gasteiger partial charge in [0.2, 0.25) is 5.28 Å². The number of aromatic nitrogens is 2. The van der Waals surface area contributed by atoms with Crippen molar-refractivity contribution in [3.05, 3.63) is 22.6 Å². The molecule has 1 aromatic heterocycles. The van der Waals surface area contributed by atoms with Gasteiger partial charge in [0.15, 0.2) is 5.82 Å². The van der Waals surface area contributed by atoms with E-state index in [-0.39, 0.29) is 5.28 Å². The van der Waals surface area contributed by atoms with Crippen LogP contribution in [0.15, 0.2) is 11.6 Å². The van der Waals surface area contributed by atoms with Crippen LogP contribution < -0.4 is 11.1 Å². The molecule has 3 N–H and O–H groups in total. The molecule has 5 heteroatoms. The van der Waals surface area contributed by atoms with Gasteiger partial charge in [-0.2, -0.15) is 4.98 Å². The molecule has 0 bridgehead atoms. The minimum Gasteiger partial charge on any atom is -0.394 e. The molecule has 0 aliphatic heterocycles. The van der Waals surface area contributed by atoms with Crippen LogP contribution in [0.2, 0.25) is 5.28 Å². The predicted molar refractivity (Wildman–Crippen MR) is 64.1 cm³/mol. The molecule has 0 aliphatic rings. The minimum absolute atomic E-state index is 0.210. The molecule has 0 amide bonds. The highest BCUT2D eigenvalue weighted by Gasteiger charge is 2.05. The fourth-order valence-electron chi connectivity index (χ4n) is 1.03. The molecule has 0 aliphatic carbocycles. The van der Waals surface area contributed by atoms with Gasteiger partial charge >= 0.3 is 0 Å². The van der Waals surface area contributed by atoms with Crippen molar-refractivity contribution in [2.24, 2.45) is 0 Å². The maximum absolute atomic E-state index is 5.80. The first kappa shape index (κ1) is 11.8. The summed E-state index contributed by atoms with van der Waals surface area (Å²) in [4.78, 5) is 7.97. The monoisotopic (exact) mass is 226 g/mol. The summed E-state index contributed by atoms with van der Waals surface area (Å²) in [6, 6.07) is 0. The van der Waals surface area contributed by atoms with Crippen LogP contribution in [0.5, 0.6) is 0 Å². The molecule has 0 saturated carbocycles. The van der Waals surface area contributed by atoms with E-state index < -0.39 is 0 Å². The third-order valence-corrected chi connectivity index (χ3v) is 2.06. The second-order valence-corrected chi connectivity index (χ2v) is 3.84. The minimum atomic E-state index is 0.210. The van der Waals surface area contributed by atoms with Crippen molar-refractivity contribution in [2.75, 3.05) is 17.6 Å². The second kappa shape index (κ2) is 4.98. The zero-order valence-electron chi connectivity index (χ0n) is 9.13. The molecule has 15 heavy (non-hydrogen) atoms. The molecular weight excluding hydrogens is 212 g/mol. The highest BCUT2D eigenvalue weighted by molar-refractivity contribution is 6.28. The molecule has 0 radical (unpaired) electrons. The van der Waals surface area contributed by atoms with E-state index in [2.05, 4.69) is 15.3 Å². The number of aryl methyl sites for hydroxylation is 1. The lowest BCUT2D eigenvalue weighted by Gasteiger charge is -2.08. The molecule has 0 saturated heterocycles. The molecule has 0 aromatic carbocycles. The van der Waals surface area contributed by atoms with Crippen LogP contribution in [-0.2, 0) is 0 Å². The van der Waals surface area contributed by atoms with Crippen LogP contribution in [0.1, 0.15) is 19.5 Å². The van der Waals surface area contributed by atoms with Crippen LogP contribution in [0.3, 0.4) is 0 Å². The van der Waals surface area contributed by atoms with E-state index in [1.54, 1.807) is 6.92 Å². The second-order valence-electron chi connectivity index (χ2n) is 3.50. The number of rotatable bonds is 3. The molecule has 0 spiro atoms. The van der Waals surface area contributed by atoms with Gasteiger partial charge < -0.3 is 11.1 Å². The smallest absolute Gasteiger partial charge is 0.224 e. The van der Waals surface area contributed by atoms with Crippen LogP contribution in [0, 0.1) is 6.92 Å². The standard InChI is InChI=1S/C10H15ClN4/c1-6(2)4-5-13-9-8(12)7(3)14-10(11)15-9/h4H,5,12H2,1-3H3,(H,13,14,15). The van der Waals surface area contributed by atoms with Crippen molar-refractivity contribution in [1.29, 1.82) is 0 Å². The van der Waals surface area contributed by atoms with Crippen molar-refractivity contribution in [2.45, 2.75) is 20.8 Å². The van der Waals surface area contributed by atoms with E-state index in [1.165, 1.54) is 5.57 Å². The molecule has 4 nitrogen and oxygen atoms in total. The highest BCUT2D eigenvalue weighted by Crippen LogP contribution is 2.20. The Kier molecular flexibility index (Phi) is 3.91. The van der Waals surface area contributed by atoms with E-state index in [9.17, 15) is 0 Å². The van der Waals surface area contributed by atoms with Crippen molar-refractivity contribution < 1.29 is 0 Å². The molecule has 1 rings (SSSR count). The number of nitrogens with one attached hydrogen (secondary N) is 1. The van der Waals surface area contributed by atoms with Gasteiger partial charge in [0.25, 0.3) is 0 Å². The number of halogens is 1. The summed E-state index contributed by atoms with van der Waals surface area (Å²) in [5.74, 6) is 0.588. The number of nitrogens with two attached hydrogens (primary N) is 1. The molecule has 1 aromatic rings. The normalized spacial score (nSPS) is 9.87. The van der Waals surface area contributed by atoms with E-state index >= 15 is 0 Å². The molecule has 0 atom stereocenters. The molecule has 0 unspecified atom stereocenters. The third kappa shape index (κ3) is 3.40. The Hall–Kier alpha value is -1.29. The highest BCUT2D eigenvalue weighted by atomic mass is 35.5. The Balaban J connectivity index is 2.81. The lowest BCUT2D eigenvalue weighted by Crippen LogP contribution is -2.07. The first-order valence-electron chi connectivity index (χ1n) is 4.67. The van der Waals surface area contributed by atoms with Gasteiger partial charge in [0, 0.05) is 6.54 Å². The van der Waals surface area contributed by atoms with Crippen molar-refractivity contribution in [3.8, 4) is 0 Å². The topological polar surface area (TPSA) is 63.8 Å². The van der Waals surface area contributed by atoms with Gasteiger partial charge in [0.05, 0.1) is 11.4 Å². The number of hydrogen-bond donors (Lipinski definition) is 2. The van der Waals surface area contributed by atoms with Crippen molar-refractivity contribution in [3.63, 3.8) is 0 Å². The molecule has 1 heterocycles. The van der Waals surface area contributed by atoms with Crippen LogP contribution in [0.25, 0.3) is 0 Å². The molecular formula is C10H15ClN4. The Morgan fingerprint density at radius 1 is 1.47 bits per heavy atom. The Morgan fingerprint density at radius 3 is 2.73 bits per heavy atom. The Bertz CT molecular complexity index is 383. The average Bonchev–Trinajstić information content (AvgIpc) is 2.12. The SMILES string of the molecule is CC(C)=CCNc1nc(Cl)nc(C)c1N. The number of hydrogen-bond acceptors (Lipinski definition) is 4. The average molecular weight is 227 g/mol. The maximum Gasteiger partial charge on any atom is 0.224 e. The number of nitrogen functional groups attached to an aromatic ring is 1. The van der Waals surface area contributed by atoms with Gasteiger partial charge in [0.1, 0.15) is 0 Å². The van der Waals surface area contributed by atoms with Gasteiger partial charge in [-0.05, 0) is 32.4 Å². The van der Waals surface area contributed by atoms with Crippen molar-refractivity contribution >= 4 is 23.1 Å². The first-order valence-corrected chi connectivity index (χ1v) is 5.05. The summed E-state index contributed by atoms with van der Waals surface area (Å²) >= 11 is 5.73. The summed E-state index contributed by atoms with van der Waals surface area (Å²) in [6.45, 7) is 6.54. The van der Waals surface area contributed by atoms with Gasteiger partial charge in [-0.3, -0.25) is 0 Å². The number of nitrogens with zero attached hydrogens (tertiary/aromatic N) is 2. The summed E-state index contributed by atoms with van der Waals surface area (Å²) < 4.78 is 0. The summed E-state index contributed by atoms with van der Waals surface area (Å²) in [7, 11) is 0. The van der Waals surface area contributed by atoms with E-state index in [0.717, 1.165) is 0 Å². The maximum atomic E-state index is 5.80. The number of allylic oxidation sites excluding steroid dienone is 1. The largest absolute Gasteiger partial charge is 0.394 e. The summed E-state index contributed by atoms with van der Waals surface area (Å²) in [5, 5.41) is 3.30. The van der Waals surface area contributed by atoms with Gasteiger partial charge in [-0.15, -0.1) is 0 Å². The quantitative estimate of drug-likeness (QED) is 0.614. The lowest BCUT2D eigenvalue weighted by atomic mass is 10.3. The number of anilines is 2. The van der Waals surface area contributed by atoms with Crippen LogP contribution in [-0.4, -0.2) is 16.5 Å². The zero-order valence-corrected chi connectivity index (χ0v) is 9.89. The van der Waals surface area contributed by atoms with E-state index in [4.69, 9.17) is 17.3 Å². The Labute approximate surface area is 94.6 Å². The molecule has 82 valence electrons. The Morgan fingerprint density at radius 2 is 2.13 bits per heavy atom. The predicted octanol–water partition coefficient (Wildman–Crippen LogP) is 2.40. The zero-order chi connectivity index (χ0) is 11.4. The van der Waals surface area contributed by atoms with Gasteiger partial charge in [-0.25, -0.2) is 4.98 Å². The van der Waals surface area contributed by atoms with Gasteiger partial charge in [-0.1, -0.05) is 11.6 Å². The van der Waals surface area contributed by atoms with Crippen LogP contribution in [0.4, 0.5) is 11.5 Å². The summed E-state index contributed by atoms with van der Waals surface area (Å²) in [5.41, 5.74) is 8.27. The first-order chi connectivity index (χ1) is 7.00. The van der Waals surface area contributed by atoms with Crippen molar-refractivity contribution in [1.82, 2.24) is 9.97 Å². The fourth-order valence-corrected chi connectivity index (χ4v) is 1.25. The van der Waals surface area contributed by atoms with E-state index in [1.807, 2.05) is 19.9 Å². The lowest BCUT2D eigenvalue weighted by molar-refractivity contribution is 1.09. The summed E-state index contributed by atoms with van der Waals surface area (Å²) in [6.07, 6.45) is 2.05. The fraction of sp³-hybridized carbons (Fsp3) is 0.400. The van der Waals surface area contributed by atoms with Crippen LogP contribution >= 0.6 is 11.6 Å². The van der Waals surface area contributed by atoms with E-state index in [0.29, 0.717) is 23.7 Å².